The number of anilines is 3. The normalized spacial score (nSPS) is 23.2. The van der Waals surface area contributed by atoms with Crippen LogP contribution in [0.15, 0.2) is 17.5 Å². The molecule has 1 saturated carbocycles. The summed E-state index contributed by atoms with van der Waals surface area (Å²) in [5, 5.41) is 28.9. The molecule has 4 N–H and O–H groups in total. The Bertz CT molecular complexity index is 880. The SMILES string of the molecule is Cc1cc(Nc2nc(NC3CC(CO)[C@@H](O)C3)c3sccc3n2)sn1. The zero-order valence-electron chi connectivity index (χ0n) is 13.6. The molecule has 1 fully saturated rings. The van der Waals surface area contributed by atoms with E-state index in [1.165, 1.54) is 11.5 Å². The molecule has 0 aliphatic heterocycles. The van der Waals surface area contributed by atoms with E-state index in [1.807, 2.05) is 24.4 Å². The zero-order chi connectivity index (χ0) is 17.4. The summed E-state index contributed by atoms with van der Waals surface area (Å²) in [5.74, 6) is 1.21. The van der Waals surface area contributed by atoms with E-state index in [0.717, 1.165) is 33.2 Å². The van der Waals surface area contributed by atoms with Crippen molar-refractivity contribution in [2.24, 2.45) is 5.92 Å². The minimum atomic E-state index is -0.471. The standard InChI is InChI=1S/C16H19N5O2S2/c1-8-4-13(25-21-8)19-16-18-11-2-3-24-14(11)15(20-16)17-10-5-9(7-22)12(23)6-10/h2-4,9-10,12,22-23H,5-7H2,1H3,(H2,17,18,19,20)/t9?,10?,12-/m0/s1. The maximum Gasteiger partial charge on any atom is 0.230 e. The van der Waals surface area contributed by atoms with Gasteiger partial charge in [-0.3, -0.25) is 0 Å². The van der Waals surface area contributed by atoms with Crippen molar-refractivity contribution in [1.82, 2.24) is 14.3 Å². The van der Waals surface area contributed by atoms with Crippen LogP contribution in [-0.4, -0.2) is 43.3 Å². The lowest BCUT2D eigenvalue weighted by Gasteiger charge is -2.14. The van der Waals surface area contributed by atoms with Gasteiger partial charge in [0.15, 0.2) is 0 Å². The van der Waals surface area contributed by atoms with E-state index in [4.69, 9.17) is 0 Å². The lowest BCUT2D eigenvalue weighted by molar-refractivity contribution is 0.0908. The molecule has 4 rings (SSSR count). The number of nitrogens with one attached hydrogen (secondary N) is 2. The van der Waals surface area contributed by atoms with Gasteiger partial charge in [-0.25, -0.2) is 4.98 Å². The van der Waals surface area contributed by atoms with Gasteiger partial charge in [0, 0.05) is 18.6 Å². The molecule has 3 heterocycles. The topological polar surface area (TPSA) is 103 Å². The van der Waals surface area contributed by atoms with Gasteiger partial charge < -0.3 is 20.8 Å². The molecule has 0 saturated heterocycles. The molecule has 2 unspecified atom stereocenters. The van der Waals surface area contributed by atoms with Crippen LogP contribution in [0.1, 0.15) is 18.5 Å². The number of aryl methyl sites for hydroxylation is 1. The van der Waals surface area contributed by atoms with Gasteiger partial charge in [0.1, 0.15) is 10.8 Å². The van der Waals surface area contributed by atoms with Crippen molar-refractivity contribution in [2.75, 3.05) is 17.2 Å². The van der Waals surface area contributed by atoms with E-state index in [2.05, 4.69) is 25.0 Å². The van der Waals surface area contributed by atoms with Gasteiger partial charge >= 0.3 is 0 Å². The van der Waals surface area contributed by atoms with Crippen molar-refractivity contribution in [2.45, 2.75) is 31.9 Å². The van der Waals surface area contributed by atoms with Crippen LogP contribution < -0.4 is 10.6 Å². The number of aromatic nitrogens is 3. The van der Waals surface area contributed by atoms with Crippen LogP contribution >= 0.6 is 22.9 Å². The summed E-state index contributed by atoms with van der Waals surface area (Å²) in [4.78, 5) is 9.19. The first kappa shape index (κ1) is 16.6. The Labute approximate surface area is 152 Å². The summed E-state index contributed by atoms with van der Waals surface area (Å²) in [7, 11) is 0. The maximum absolute atomic E-state index is 10.0. The second-order valence-corrected chi connectivity index (χ2v) is 8.03. The Kier molecular flexibility index (Phi) is 4.55. The second-order valence-electron chi connectivity index (χ2n) is 6.31. The molecule has 0 bridgehead atoms. The number of hydrogen-bond donors (Lipinski definition) is 4. The highest BCUT2D eigenvalue weighted by Gasteiger charge is 2.33. The van der Waals surface area contributed by atoms with Crippen molar-refractivity contribution < 1.29 is 10.2 Å². The Hall–Kier alpha value is -1.81. The predicted octanol–water partition coefficient (Wildman–Crippen LogP) is 2.74. The van der Waals surface area contributed by atoms with Crippen LogP contribution in [0.3, 0.4) is 0 Å². The fraction of sp³-hybridized carbons (Fsp3) is 0.438. The summed E-state index contributed by atoms with van der Waals surface area (Å²) in [6.07, 6.45) is 0.866. The molecule has 0 aromatic carbocycles. The zero-order valence-corrected chi connectivity index (χ0v) is 15.3. The van der Waals surface area contributed by atoms with Crippen molar-refractivity contribution in [1.29, 1.82) is 0 Å². The van der Waals surface area contributed by atoms with Gasteiger partial charge in [-0.2, -0.15) is 9.36 Å². The molecule has 1 aliphatic carbocycles. The molecule has 0 amide bonds. The van der Waals surface area contributed by atoms with E-state index in [1.54, 1.807) is 11.3 Å². The van der Waals surface area contributed by atoms with Crippen molar-refractivity contribution in [3.8, 4) is 0 Å². The van der Waals surface area contributed by atoms with Gasteiger partial charge in [-0.1, -0.05) is 0 Å². The number of nitrogens with zero attached hydrogens (tertiary/aromatic N) is 3. The van der Waals surface area contributed by atoms with Crippen LogP contribution in [0.5, 0.6) is 0 Å². The summed E-state index contributed by atoms with van der Waals surface area (Å²) >= 11 is 2.96. The van der Waals surface area contributed by atoms with E-state index < -0.39 is 6.10 Å². The first-order valence-electron chi connectivity index (χ1n) is 8.13. The maximum atomic E-state index is 10.0. The fourth-order valence-corrected chi connectivity index (χ4v) is 4.60. The Morgan fingerprint density at radius 3 is 2.92 bits per heavy atom. The Morgan fingerprint density at radius 2 is 2.20 bits per heavy atom. The molecule has 132 valence electrons. The lowest BCUT2D eigenvalue weighted by atomic mass is 10.1. The molecule has 3 atom stereocenters. The third kappa shape index (κ3) is 3.45. The summed E-state index contributed by atoms with van der Waals surface area (Å²) in [6.45, 7) is 1.95. The molecular formula is C16H19N5O2S2. The van der Waals surface area contributed by atoms with Crippen molar-refractivity contribution in [3.63, 3.8) is 0 Å². The smallest absolute Gasteiger partial charge is 0.230 e. The molecule has 9 heteroatoms. The molecule has 1 aliphatic rings. The van der Waals surface area contributed by atoms with Gasteiger partial charge in [0.05, 0.1) is 22.0 Å². The third-order valence-electron chi connectivity index (χ3n) is 4.40. The molecule has 3 aromatic rings. The van der Waals surface area contributed by atoms with Gasteiger partial charge in [-0.05, 0) is 48.8 Å². The van der Waals surface area contributed by atoms with Gasteiger partial charge in [-0.15, -0.1) is 11.3 Å². The highest BCUT2D eigenvalue weighted by atomic mass is 32.1. The summed E-state index contributed by atoms with van der Waals surface area (Å²) in [5.41, 5.74) is 1.83. The van der Waals surface area contributed by atoms with Crippen LogP contribution in [0, 0.1) is 12.8 Å². The average molecular weight is 377 g/mol. The molecular weight excluding hydrogens is 358 g/mol. The van der Waals surface area contributed by atoms with Crippen molar-refractivity contribution in [3.05, 3.63) is 23.2 Å². The number of aliphatic hydroxyl groups is 2. The first-order valence-corrected chi connectivity index (χ1v) is 9.78. The third-order valence-corrected chi connectivity index (χ3v) is 6.11. The quantitative estimate of drug-likeness (QED) is 0.542. The van der Waals surface area contributed by atoms with Gasteiger partial charge in [0.25, 0.3) is 0 Å². The van der Waals surface area contributed by atoms with E-state index in [9.17, 15) is 10.2 Å². The number of thiophene rings is 1. The summed E-state index contributed by atoms with van der Waals surface area (Å²) < 4.78 is 5.25. The highest BCUT2D eigenvalue weighted by molar-refractivity contribution is 7.17. The molecule has 3 aromatic heterocycles. The fourth-order valence-electron chi connectivity index (χ4n) is 3.16. The van der Waals surface area contributed by atoms with Crippen molar-refractivity contribution >= 4 is 49.9 Å². The molecule has 0 radical (unpaired) electrons. The minimum Gasteiger partial charge on any atom is -0.396 e. The predicted molar refractivity (Wildman–Crippen MR) is 101 cm³/mol. The van der Waals surface area contributed by atoms with Crippen LogP contribution in [0.4, 0.5) is 16.8 Å². The largest absolute Gasteiger partial charge is 0.396 e. The van der Waals surface area contributed by atoms with Crippen LogP contribution in [-0.2, 0) is 0 Å². The molecule has 25 heavy (non-hydrogen) atoms. The minimum absolute atomic E-state index is 0.00900. The van der Waals surface area contributed by atoms with Crippen LogP contribution in [0.25, 0.3) is 10.2 Å². The van der Waals surface area contributed by atoms with E-state index in [-0.39, 0.29) is 18.6 Å². The number of rotatable bonds is 5. The average Bonchev–Trinajstić information content (AvgIpc) is 3.28. The molecule has 0 spiro atoms. The Morgan fingerprint density at radius 1 is 1.32 bits per heavy atom. The van der Waals surface area contributed by atoms with Gasteiger partial charge in [0.2, 0.25) is 5.95 Å². The first-order chi connectivity index (χ1) is 12.1. The summed E-state index contributed by atoms with van der Waals surface area (Å²) in [6, 6.07) is 4.01. The number of aliphatic hydroxyl groups excluding tert-OH is 2. The van der Waals surface area contributed by atoms with E-state index >= 15 is 0 Å². The second kappa shape index (κ2) is 6.83. The lowest BCUT2D eigenvalue weighted by Crippen LogP contribution is -2.18. The van der Waals surface area contributed by atoms with Crippen LogP contribution in [0.2, 0.25) is 0 Å². The Balaban J connectivity index is 1.60. The highest BCUT2D eigenvalue weighted by Crippen LogP contribution is 2.33. The number of fused-ring (bicyclic) bond motifs is 1. The van der Waals surface area contributed by atoms with E-state index in [0.29, 0.717) is 12.4 Å². The molecule has 7 nitrogen and oxygen atoms in total. The monoisotopic (exact) mass is 377 g/mol. The number of hydrogen-bond acceptors (Lipinski definition) is 9.